The second kappa shape index (κ2) is 5.77. The minimum atomic E-state index is -0.423. The maximum absolute atomic E-state index is 10.7. The molecule has 0 amide bonds. The number of hydrogen-bond acceptors (Lipinski definition) is 3. The fourth-order valence-electron chi connectivity index (χ4n) is 1.36. The van der Waals surface area contributed by atoms with Crippen molar-refractivity contribution in [2.45, 2.75) is 18.9 Å². The third kappa shape index (κ3) is 3.15. The lowest BCUT2D eigenvalue weighted by atomic mass is 10.0. The number of nitrogens with zero attached hydrogens (tertiary/aromatic N) is 1. The molecule has 2 N–H and O–H groups in total. The van der Waals surface area contributed by atoms with Crippen LogP contribution in [0.2, 0.25) is 0 Å². The summed E-state index contributed by atoms with van der Waals surface area (Å²) in [7, 11) is 0. The van der Waals surface area contributed by atoms with Crippen molar-refractivity contribution in [3.63, 3.8) is 0 Å². The van der Waals surface area contributed by atoms with Crippen LogP contribution in [-0.4, -0.2) is 4.92 Å². The van der Waals surface area contributed by atoms with Crippen molar-refractivity contribution in [1.29, 1.82) is 0 Å². The molecule has 0 saturated heterocycles. The Morgan fingerprint density at radius 1 is 1.62 bits per heavy atom. The molecule has 5 heteroatoms. The molecule has 0 unspecified atom stereocenters. The van der Waals surface area contributed by atoms with Crippen LogP contribution in [0, 0.1) is 10.1 Å². The molecule has 1 aromatic carbocycles. The first-order chi connectivity index (χ1) is 7.56. The Balaban J connectivity index is 2.93. The van der Waals surface area contributed by atoms with Gasteiger partial charge in [0, 0.05) is 12.1 Å². The van der Waals surface area contributed by atoms with E-state index >= 15 is 0 Å². The Hall–Kier alpha value is -1.20. The summed E-state index contributed by atoms with van der Waals surface area (Å²) in [6.07, 6.45) is 3.32. The van der Waals surface area contributed by atoms with Gasteiger partial charge >= 0.3 is 0 Å². The van der Waals surface area contributed by atoms with Crippen LogP contribution in [0.15, 0.2) is 35.3 Å². The average molecular weight is 285 g/mol. The maximum Gasteiger partial charge on any atom is 0.283 e. The molecule has 0 bridgehead atoms. The van der Waals surface area contributed by atoms with Crippen molar-refractivity contribution >= 4 is 21.6 Å². The van der Waals surface area contributed by atoms with Crippen molar-refractivity contribution in [3.05, 3.63) is 51.0 Å². The molecule has 0 aliphatic carbocycles. The molecule has 4 nitrogen and oxygen atoms in total. The van der Waals surface area contributed by atoms with Gasteiger partial charge in [-0.2, -0.15) is 0 Å². The highest BCUT2D eigenvalue weighted by atomic mass is 79.9. The number of hydrogen-bond donors (Lipinski definition) is 1. The molecule has 0 spiro atoms. The zero-order valence-corrected chi connectivity index (χ0v) is 10.3. The Morgan fingerprint density at radius 3 is 2.88 bits per heavy atom. The summed E-state index contributed by atoms with van der Waals surface area (Å²) >= 11 is 3.13. The fraction of sp³-hybridized carbons (Fsp3) is 0.273. The third-order valence-corrected chi connectivity index (χ3v) is 2.95. The zero-order chi connectivity index (χ0) is 12.1. The summed E-state index contributed by atoms with van der Waals surface area (Å²) in [5.41, 5.74) is 6.74. The Morgan fingerprint density at radius 2 is 2.31 bits per heavy atom. The van der Waals surface area contributed by atoms with Crippen LogP contribution < -0.4 is 5.73 Å². The second-order valence-corrected chi connectivity index (χ2v) is 4.29. The molecule has 0 heterocycles. The monoisotopic (exact) mass is 284 g/mol. The van der Waals surface area contributed by atoms with Crippen molar-refractivity contribution in [2.75, 3.05) is 0 Å². The molecule has 16 heavy (non-hydrogen) atoms. The lowest BCUT2D eigenvalue weighted by Gasteiger charge is -2.10. The predicted octanol–water partition coefficient (Wildman–Crippen LogP) is 3.32. The highest BCUT2D eigenvalue weighted by molar-refractivity contribution is 9.10. The molecule has 0 aliphatic heterocycles. The van der Waals surface area contributed by atoms with E-state index in [0.717, 1.165) is 18.4 Å². The number of rotatable bonds is 5. The van der Waals surface area contributed by atoms with Crippen LogP contribution in [0.25, 0.3) is 0 Å². The molecule has 0 aliphatic rings. The molecule has 0 aromatic heterocycles. The third-order valence-electron chi connectivity index (χ3n) is 2.28. The highest BCUT2D eigenvalue weighted by Gasteiger charge is 2.15. The topological polar surface area (TPSA) is 69.2 Å². The van der Waals surface area contributed by atoms with Crippen molar-refractivity contribution in [2.24, 2.45) is 5.73 Å². The van der Waals surface area contributed by atoms with Gasteiger partial charge in [-0.3, -0.25) is 10.1 Å². The smallest absolute Gasteiger partial charge is 0.283 e. The Bertz CT molecular complexity index is 407. The van der Waals surface area contributed by atoms with Crippen LogP contribution in [0.1, 0.15) is 24.4 Å². The molecular weight excluding hydrogens is 272 g/mol. The van der Waals surface area contributed by atoms with Gasteiger partial charge in [-0.05, 0) is 40.4 Å². The number of nitrogens with two attached hydrogens (primary N) is 1. The van der Waals surface area contributed by atoms with E-state index in [9.17, 15) is 10.1 Å². The quantitative estimate of drug-likeness (QED) is 0.512. The molecule has 86 valence electrons. The van der Waals surface area contributed by atoms with E-state index in [1.165, 1.54) is 6.07 Å². The molecule has 0 fully saturated rings. The van der Waals surface area contributed by atoms with Crippen LogP contribution in [-0.2, 0) is 0 Å². The van der Waals surface area contributed by atoms with E-state index in [1.54, 1.807) is 18.2 Å². The first-order valence-electron chi connectivity index (χ1n) is 4.86. The average Bonchev–Trinajstić information content (AvgIpc) is 2.26. The largest absolute Gasteiger partial charge is 0.324 e. The summed E-state index contributed by atoms with van der Waals surface area (Å²) in [5, 5.41) is 10.7. The maximum atomic E-state index is 10.7. The highest BCUT2D eigenvalue weighted by Crippen LogP contribution is 2.28. The second-order valence-electron chi connectivity index (χ2n) is 3.44. The lowest BCUT2D eigenvalue weighted by molar-refractivity contribution is -0.385. The van der Waals surface area contributed by atoms with Gasteiger partial charge in [-0.1, -0.05) is 12.1 Å². The van der Waals surface area contributed by atoms with Crippen molar-refractivity contribution in [3.8, 4) is 0 Å². The van der Waals surface area contributed by atoms with Crippen molar-refractivity contribution in [1.82, 2.24) is 0 Å². The van der Waals surface area contributed by atoms with E-state index in [-0.39, 0.29) is 11.7 Å². The van der Waals surface area contributed by atoms with Gasteiger partial charge < -0.3 is 5.73 Å². The zero-order valence-electron chi connectivity index (χ0n) is 8.73. The van der Waals surface area contributed by atoms with Gasteiger partial charge in [0.05, 0.1) is 9.40 Å². The van der Waals surface area contributed by atoms with Gasteiger partial charge in [-0.15, -0.1) is 6.58 Å². The predicted molar refractivity (Wildman–Crippen MR) is 67.2 cm³/mol. The number of nitro benzene ring substituents is 1. The molecule has 1 aromatic rings. The lowest BCUT2D eigenvalue weighted by Crippen LogP contribution is -2.10. The minimum absolute atomic E-state index is 0.0477. The number of halogens is 1. The normalized spacial score (nSPS) is 12.1. The van der Waals surface area contributed by atoms with Gasteiger partial charge in [0.2, 0.25) is 0 Å². The summed E-state index contributed by atoms with van der Waals surface area (Å²) in [5.74, 6) is 0. The van der Waals surface area contributed by atoms with E-state index in [4.69, 9.17) is 5.73 Å². The van der Waals surface area contributed by atoms with Gasteiger partial charge in [0.15, 0.2) is 0 Å². The summed E-state index contributed by atoms with van der Waals surface area (Å²) in [4.78, 5) is 10.3. The first kappa shape index (κ1) is 12.9. The van der Waals surface area contributed by atoms with E-state index < -0.39 is 4.92 Å². The number of nitro groups is 1. The minimum Gasteiger partial charge on any atom is -0.324 e. The van der Waals surface area contributed by atoms with Gasteiger partial charge in [-0.25, -0.2) is 0 Å². The summed E-state index contributed by atoms with van der Waals surface area (Å²) in [6.45, 7) is 3.61. The first-order valence-corrected chi connectivity index (χ1v) is 5.66. The molecule has 1 atom stereocenters. The number of benzene rings is 1. The van der Waals surface area contributed by atoms with Crippen LogP contribution in [0.3, 0.4) is 0 Å². The van der Waals surface area contributed by atoms with E-state index in [1.807, 2.05) is 0 Å². The molecule has 0 saturated carbocycles. The Labute approximate surface area is 102 Å². The SMILES string of the molecule is C=CCC[C@@H](N)c1ccc(Br)c([N+](=O)[O-])c1. The standard InChI is InChI=1S/C11H13BrN2O2/c1-2-3-4-10(13)8-5-6-9(12)11(7-8)14(15)16/h2,5-7,10H,1,3-4,13H2/t10-/m1/s1. The van der Waals surface area contributed by atoms with E-state index in [0.29, 0.717) is 4.47 Å². The van der Waals surface area contributed by atoms with Crippen LogP contribution in [0.5, 0.6) is 0 Å². The van der Waals surface area contributed by atoms with E-state index in [2.05, 4.69) is 22.5 Å². The van der Waals surface area contributed by atoms with Crippen LogP contribution in [0.4, 0.5) is 5.69 Å². The van der Waals surface area contributed by atoms with Gasteiger partial charge in [0.25, 0.3) is 5.69 Å². The Kier molecular flexibility index (Phi) is 4.64. The summed E-state index contributed by atoms with van der Waals surface area (Å²) < 4.78 is 0.470. The van der Waals surface area contributed by atoms with Gasteiger partial charge in [0.1, 0.15) is 0 Å². The fourth-order valence-corrected chi connectivity index (χ4v) is 1.76. The number of allylic oxidation sites excluding steroid dienone is 1. The molecule has 1 rings (SSSR count). The molecule has 0 radical (unpaired) electrons. The molecular formula is C11H13BrN2O2. The summed E-state index contributed by atoms with van der Waals surface area (Å²) in [6, 6.07) is 4.77. The van der Waals surface area contributed by atoms with Crippen molar-refractivity contribution < 1.29 is 4.92 Å². The van der Waals surface area contributed by atoms with Crippen LogP contribution >= 0.6 is 15.9 Å².